The number of ketones is 1. The summed E-state index contributed by atoms with van der Waals surface area (Å²) in [6.45, 7) is 1.82. The van der Waals surface area contributed by atoms with Gasteiger partial charge in [0.25, 0.3) is 0 Å². The van der Waals surface area contributed by atoms with Crippen molar-refractivity contribution in [3.05, 3.63) is 35.4 Å². The minimum Gasteiger partial charge on any atom is -0.466 e. The summed E-state index contributed by atoms with van der Waals surface area (Å²) in [6, 6.07) is 2.96. The van der Waals surface area contributed by atoms with Gasteiger partial charge in [0.15, 0.2) is 0 Å². The third kappa shape index (κ3) is 4.30. The Bertz CT molecular complexity index is 430. The van der Waals surface area contributed by atoms with Crippen LogP contribution in [0.2, 0.25) is 0 Å². The van der Waals surface area contributed by atoms with Gasteiger partial charge in [0.2, 0.25) is 0 Å². The summed E-state index contributed by atoms with van der Waals surface area (Å²) in [4.78, 5) is 22.4. The van der Waals surface area contributed by atoms with Gasteiger partial charge in [-0.05, 0) is 18.6 Å². The number of esters is 1. The average Bonchev–Trinajstić information content (AvgIpc) is 2.22. The van der Waals surface area contributed by atoms with Crippen molar-refractivity contribution in [3.63, 3.8) is 0 Å². The number of halogens is 2. The topological polar surface area (TPSA) is 43.4 Å². The molecule has 0 saturated heterocycles. The molecule has 0 saturated carbocycles. The van der Waals surface area contributed by atoms with Crippen molar-refractivity contribution in [2.75, 3.05) is 6.61 Å². The van der Waals surface area contributed by atoms with Gasteiger partial charge in [-0.1, -0.05) is 6.07 Å². The number of carbonyl (C=O) groups is 2. The van der Waals surface area contributed by atoms with Gasteiger partial charge in [0.1, 0.15) is 23.8 Å². The van der Waals surface area contributed by atoms with Crippen LogP contribution in [0.3, 0.4) is 0 Å². The Morgan fingerprint density at radius 2 is 2.00 bits per heavy atom. The van der Waals surface area contributed by atoms with E-state index in [9.17, 15) is 18.4 Å². The molecule has 0 aliphatic carbocycles. The van der Waals surface area contributed by atoms with E-state index >= 15 is 0 Å². The predicted molar refractivity (Wildman–Crippen MR) is 56.3 cm³/mol. The van der Waals surface area contributed by atoms with Gasteiger partial charge >= 0.3 is 5.97 Å². The van der Waals surface area contributed by atoms with Gasteiger partial charge in [-0.3, -0.25) is 9.59 Å². The molecule has 1 aromatic carbocycles. The number of rotatable bonds is 5. The second kappa shape index (κ2) is 6.08. The Morgan fingerprint density at radius 1 is 1.29 bits per heavy atom. The molecule has 1 rings (SSSR count). The summed E-state index contributed by atoms with van der Waals surface area (Å²) < 4.78 is 30.4. The molecule has 0 aliphatic rings. The van der Waals surface area contributed by atoms with E-state index in [1.54, 1.807) is 6.92 Å². The molecular weight excluding hydrogens is 230 g/mol. The molecular formula is C12H12F2O3. The van der Waals surface area contributed by atoms with Crippen molar-refractivity contribution in [2.24, 2.45) is 0 Å². The zero-order valence-corrected chi connectivity index (χ0v) is 9.33. The lowest BCUT2D eigenvalue weighted by Crippen LogP contribution is -2.13. The van der Waals surface area contributed by atoms with Gasteiger partial charge in [0.05, 0.1) is 6.61 Å². The van der Waals surface area contributed by atoms with E-state index in [1.165, 1.54) is 6.07 Å². The van der Waals surface area contributed by atoms with E-state index in [4.69, 9.17) is 0 Å². The van der Waals surface area contributed by atoms with E-state index < -0.39 is 29.8 Å². The summed E-state index contributed by atoms with van der Waals surface area (Å²) in [5.74, 6) is -2.60. The summed E-state index contributed by atoms with van der Waals surface area (Å²) in [7, 11) is 0. The molecule has 0 unspecified atom stereocenters. The number of carbonyl (C=O) groups excluding carboxylic acids is 2. The van der Waals surface area contributed by atoms with Gasteiger partial charge in [-0.15, -0.1) is 0 Å². The largest absolute Gasteiger partial charge is 0.466 e. The van der Waals surface area contributed by atoms with Gasteiger partial charge in [-0.2, -0.15) is 0 Å². The predicted octanol–water partition coefficient (Wildman–Crippen LogP) is 2.03. The Kier molecular flexibility index (Phi) is 4.75. The standard InChI is InChI=1S/C12H12F2O3/c1-2-17-12(16)7-10(15)5-8-3-4-9(13)6-11(8)14/h3-4,6H,2,5,7H2,1H3. The van der Waals surface area contributed by atoms with Gasteiger partial charge in [-0.25, -0.2) is 8.78 Å². The first kappa shape index (κ1) is 13.3. The molecule has 0 bridgehead atoms. The highest BCUT2D eigenvalue weighted by Gasteiger charge is 2.13. The van der Waals surface area contributed by atoms with Crippen molar-refractivity contribution in [2.45, 2.75) is 19.8 Å². The molecule has 0 spiro atoms. The number of hydrogen-bond donors (Lipinski definition) is 0. The molecule has 17 heavy (non-hydrogen) atoms. The van der Waals surface area contributed by atoms with E-state index in [0.29, 0.717) is 6.07 Å². The molecule has 1 aromatic rings. The maximum atomic E-state index is 13.2. The monoisotopic (exact) mass is 242 g/mol. The lowest BCUT2D eigenvalue weighted by molar-refractivity contribution is -0.145. The molecule has 5 heteroatoms. The lowest BCUT2D eigenvalue weighted by Gasteiger charge is -2.03. The molecule has 0 N–H and O–H groups in total. The summed E-state index contributed by atoms with van der Waals surface area (Å²) >= 11 is 0. The quantitative estimate of drug-likeness (QED) is 0.586. The summed E-state index contributed by atoms with van der Waals surface area (Å²) in [5, 5.41) is 0. The Labute approximate surface area is 97.4 Å². The number of hydrogen-bond acceptors (Lipinski definition) is 3. The first-order chi connectivity index (χ1) is 8.02. The van der Waals surface area contributed by atoms with Crippen LogP contribution in [0.15, 0.2) is 18.2 Å². The van der Waals surface area contributed by atoms with Crippen LogP contribution in [0.4, 0.5) is 8.78 Å². The van der Waals surface area contributed by atoms with Crippen molar-refractivity contribution in [1.82, 2.24) is 0 Å². The summed E-state index contributed by atoms with van der Waals surface area (Å²) in [5.41, 5.74) is 0.0701. The van der Waals surface area contributed by atoms with E-state index in [1.807, 2.05) is 0 Å². The zero-order valence-electron chi connectivity index (χ0n) is 9.33. The van der Waals surface area contributed by atoms with Crippen LogP contribution in [0.5, 0.6) is 0 Å². The van der Waals surface area contributed by atoms with Crippen LogP contribution in [0.1, 0.15) is 18.9 Å². The van der Waals surface area contributed by atoms with Crippen molar-refractivity contribution < 1.29 is 23.1 Å². The number of ether oxygens (including phenoxy) is 1. The van der Waals surface area contributed by atoms with Gasteiger partial charge in [0, 0.05) is 12.5 Å². The first-order valence-electron chi connectivity index (χ1n) is 5.14. The maximum absolute atomic E-state index is 13.2. The van der Waals surface area contributed by atoms with Gasteiger partial charge < -0.3 is 4.74 Å². The van der Waals surface area contributed by atoms with Crippen LogP contribution in [-0.4, -0.2) is 18.4 Å². The normalized spacial score (nSPS) is 10.1. The zero-order chi connectivity index (χ0) is 12.8. The molecule has 0 aromatic heterocycles. The maximum Gasteiger partial charge on any atom is 0.313 e. The third-order valence-electron chi connectivity index (χ3n) is 2.05. The van der Waals surface area contributed by atoms with Crippen LogP contribution in [0.25, 0.3) is 0 Å². The fraction of sp³-hybridized carbons (Fsp3) is 0.333. The molecule has 0 amide bonds. The molecule has 0 fully saturated rings. The Morgan fingerprint density at radius 3 is 2.59 bits per heavy atom. The molecule has 3 nitrogen and oxygen atoms in total. The van der Waals surface area contributed by atoms with Crippen LogP contribution in [0, 0.1) is 11.6 Å². The van der Waals surface area contributed by atoms with Crippen LogP contribution >= 0.6 is 0 Å². The second-order valence-corrected chi connectivity index (χ2v) is 3.43. The Balaban J connectivity index is 2.59. The number of Topliss-reactive ketones (excluding diaryl/α,β-unsaturated/α-hetero) is 1. The van der Waals surface area contributed by atoms with E-state index in [-0.39, 0.29) is 18.6 Å². The SMILES string of the molecule is CCOC(=O)CC(=O)Cc1ccc(F)cc1F. The molecule has 0 heterocycles. The van der Waals surface area contributed by atoms with E-state index in [2.05, 4.69) is 4.74 Å². The van der Waals surface area contributed by atoms with E-state index in [0.717, 1.165) is 6.07 Å². The van der Waals surface area contributed by atoms with Crippen molar-refractivity contribution >= 4 is 11.8 Å². The molecule has 92 valence electrons. The second-order valence-electron chi connectivity index (χ2n) is 3.43. The van der Waals surface area contributed by atoms with Crippen LogP contribution < -0.4 is 0 Å². The smallest absolute Gasteiger partial charge is 0.313 e. The van der Waals surface area contributed by atoms with Crippen LogP contribution in [-0.2, 0) is 20.7 Å². The minimum absolute atomic E-state index is 0.0701. The Hall–Kier alpha value is -1.78. The average molecular weight is 242 g/mol. The third-order valence-corrected chi connectivity index (χ3v) is 2.05. The first-order valence-corrected chi connectivity index (χ1v) is 5.14. The van der Waals surface area contributed by atoms with Crippen molar-refractivity contribution in [3.8, 4) is 0 Å². The highest BCUT2D eigenvalue weighted by Crippen LogP contribution is 2.11. The highest BCUT2D eigenvalue weighted by atomic mass is 19.1. The molecule has 0 radical (unpaired) electrons. The molecule has 0 atom stereocenters. The van der Waals surface area contributed by atoms with Crippen molar-refractivity contribution in [1.29, 1.82) is 0 Å². The minimum atomic E-state index is -0.790. The fourth-order valence-electron chi connectivity index (χ4n) is 1.31. The highest BCUT2D eigenvalue weighted by molar-refractivity contribution is 5.96. The molecule has 0 aliphatic heterocycles. The number of benzene rings is 1. The lowest BCUT2D eigenvalue weighted by atomic mass is 10.1. The fourth-order valence-corrected chi connectivity index (χ4v) is 1.31. The summed E-state index contributed by atoms with van der Waals surface area (Å²) in [6.07, 6.45) is -0.643.